The molecule has 4 rings (SSSR count). The monoisotopic (exact) mass is 540 g/mol. The third-order valence-electron chi connectivity index (χ3n) is 6.15. The van der Waals surface area contributed by atoms with Crippen molar-refractivity contribution >= 4 is 21.4 Å². The molecule has 11 nitrogen and oxygen atoms in total. The summed E-state index contributed by atoms with van der Waals surface area (Å²) in [6, 6.07) is 8.42. The maximum atomic E-state index is 13.3. The Morgan fingerprint density at radius 3 is 2.55 bits per heavy atom. The number of fused-ring (bicyclic) bond motifs is 1. The summed E-state index contributed by atoms with van der Waals surface area (Å²) >= 11 is 0. The molecule has 0 saturated carbocycles. The molecular formula is C26H32N6O5S. The van der Waals surface area contributed by atoms with Crippen molar-refractivity contribution in [1.29, 1.82) is 0 Å². The molecule has 1 amide bonds. The van der Waals surface area contributed by atoms with Crippen LogP contribution in [-0.2, 0) is 21.1 Å². The van der Waals surface area contributed by atoms with Crippen molar-refractivity contribution in [3.05, 3.63) is 60.3 Å². The molecule has 12 heteroatoms. The summed E-state index contributed by atoms with van der Waals surface area (Å²) in [7, 11) is -0.747. The number of sulfone groups is 1. The topological polar surface area (TPSA) is 130 Å². The molecule has 0 unspecified atom stereocenters. The SMILES string of the molecule is COCCn1nc(-c2cnc3cc(OC)c(S(=O)(=O)C(C)(C)C)cn23)cc1C(=O)N[C@H](C)c1ccccn1. The number of nitrogens with one attached hydrogen (secondary N) is 1. The number of ether oxygens (including phenoxy) is 2. The largest absolute Gasteiger partial charge is 0.495 e. The Morgan fingerprint density at radius 2 is 1.92 bits per heavy atom. The summed E-state index contributed by atoms with van der Waals surface area (Å²) in [5.74, 6) is -0.122. The molecule has 0 spiro atoms. The Labute approximate surface area is 221 Å². The van der Waals surface area contributed by atoms with Crippen molar-refractivity contribution in [1.82, 2.24) is 29.5 Å². The third kappa shape index (κ3) is 5.14. The number of hydrogen-bond acceptors (Lipinski definition) is 8. The smallest absolute Gasteiger partial charge is 0.270 e. The molecule has 1 N–H and O–H groups in total. The average Bonchev–Trinajstić information content (AvgIpc) is 3.50. The lowest BCUT2D eigenvalue weighted by atomic mass is 10.2. The maximum Gasteiger partial charge on any atom is 0.270 e. The van der Waals surface area contributed by atoms with Crippen LogP contribution in [0, 0.1) is 0 Å². The highest BCUT2D eigenvalue weighted by Crippen LogP contribution is 2.34. The number of pyridine rings is 2. The van der Waals surface area contributed by atoms with Crippen LogP contribution in [-0.4, -0.2) is 64.0 Å². The molecular weight excluding hydrogens is 508 g/mol. The lowest BCUT2D eigenvalue weighted by Crippen LogP contribution is -2.29. The minimum atomic E-state index is -3.74. The second-order valence-electron chi connectivity index (χ2n) is 9.77. The minimum absolute atomic E-state index is 0.0419. The van der Waals surface area contributed by atoms with Crippen molar-refractivity contribution in [3.63, 3.8) is 0 Å². The molecule has 4 aromatic heterocycles. The highest BCUT2D eigenvalue weighted by Gasteiger charge is 2.34. The first-order valence-corrected chi connectivity index (χ1v) is 13.5. The van der Waals surface area contributed by atoms with Gasteiger partial charge in [-0.2, -0.15) is 5.10 Å². The van der Waals surface area contributed by atoms with E-state index in [2.05, 4.69) is 20.4 Å². The molecule has 0 aliphatic rings. The first kappa shape index (κ1) is 27.3. The van der Waals surface area contributed by atoms with Gasteiger partial charge >= 0.3 is 0 Å². The summed E-state index contributed by atoms with van der Waals surface area (Å²) in [4.78, 5) is 22.1. The number of methoxy groups -OCH3 is 2. The molecule has 0 fully saturated rings. The molecule has 202 valence electrons. The summed E-state index contributed by atoms with van der Waals surface area (Å²) < 4.78 is 39.4. The van der Waals surface area contributed by atoms with Crippen LogP contribution in [0.25, 0.3) is 17.0 Å². The van der Waals surface area contributed by atoms with Gasteiger partial charge in [-0.1, -0.05) is 6.07 Å². The Kier molecular flexibility index (Phi) is 7.56. The van der Waals surface area contributed by atoms with Crippen molar-refractivity contribution in [2.45, 2.75) is 49.9 Å². The van der Waals surface area contributed by atoms with E-state index in [1.807, 2.05) is 25.1 Å². The summed E-state index contributed by atoms with van der Waals surface area (Å²) in [5.41, 5.74) is 2.51. The Hall–Kier alpha value is -3.77. The van der Waals surface area contributed by atoms with Gasteiger partial charge in [0.05, 0.1) is 48.6 Å². The van der Waals surface area contributed by atoms with E-state index < -0.39 is 14.6 Å². The van der Waals surface area contributed by atoms with Crippen LogP contribution in [0.15, 0.2) is 53.8 Å². The standard InChI is InChI=1S/C26H32N6O5S/c1-17(18-9-7-8-10-27-18)29-25(33)20-13-19(30-32(20)11-12-36-5)21-15-28-24-14-22(37-6)23(16-31(21)24)38(34,35)26(2,3)4/h7-10,13-17H,11-12H2,1-6H3,(H,29,33)/t17-/m1/s1. The van der Waals surface area contributed by atoms with Gasteiger partial charge < -0.3 is 14.8 Å². The molecule has 0 aliphatic heterocycles. The van der Waals surface area contributed by atoms with Crippen LogP contribution in [0.5, 0.6) is 5.75 Å². The number of carbonyl (C=O) groups is 1. The molecule has 0 bridgehead atoms. The molecule has 4 aromatic rings. The predicted octanol–water partition coefficient (Wildman–Crippen LogP) is 3.31. The van der Waals surface area contributed by atoms with Gasteiger partial charge in [-0.05, 0) is 45.9 Å². The van der Waals surface area contributed by atoms with Gasteiger partial charge in [0.2, 0.25) is 0 Å². The fourth-order valence-electron chi connectivity index (χ4n) is 3.92. The van der Waals surface area contributed by atoms with Gasteiger partial charge in [0.1, 0.15) is 27.7 Å². The molecule has 0 aliphatic carbocycles. The van der Waals surface area contributed by atoms with Gasteiger partial charge in [0.15, 0.2) is 9.84 Å². The van der Waals surface area contributed by atoms with E-state index in [1.54, 1.807) is 61.5 Å². The van der Waals surface area contributed by atoms with Crippen LogP contribution in [0.2, 0.25) is 0 Å². The molecule has 4 heterocycles. The van der Waals surface area contributed by atoms with Crippen molar-refractivity contribution in [2.24, 2.45) is 0 Å². The first-order chi connectivity index (χ1) is 18.0. The molecule has 0 aromatic carbocycles. The van der Waals surface area contributed by atoms with Crippen molar-refractivity contribution < 1.29 is 22.7 Å². The van der Waals surface area contributed by atoms with E-state index in [0.717, 1.165) is 5.69 Å². The van der Waals surface area contributed by atoms with E-state index in [4.69, 9.17) is 9.47 Å². The second-order valence-corrected chi connectivity index (χ2v) is 12.4. The quantitative estimate of drug-likeness (QED) is 0.342. The number of aromatic nitrogens is 5. The Bertz CT molecular complexity index is 1550. The highest BCUT2D eigenvalue weighted by atomic mass is 32.2. The van der Waals surface area contributed by atoms with Crippen LogP contribution >= 0.6 is 0 Å². The van der Waals surface area contributed by atoms with E-state index in [9.17, 15) is 13.2 Å². The number of rotatable bonds is 9. The average molecular weight is 541 g/mol. The second kappa shape index (κ2) is 10.5. The van der Waals surface area contributed by atoms with E-state index in [1.165, 1.54) is 13.3 Å². The zero-order valence-corrected chi connectivity index (χ0v) is 23.1. The van der Waals surface area contributed by atoms with E-state index in [0.29, 0.717) is 35.9 Å². The van der Waals surface area contributed by atoms with Crippen LogP contribution in [0.4, 0.5) is 0 Å². The van der Waals surface area contributed by atoms with Crippen LogP contribution in [0.1, 0.15) is 49.9 Å². The fourth-order valence-corrected chi connectivity index (χ4v) is 5.23. The normalized spacial score (nSPS) is 13.0. The number of hydrogen-bond donors (Lipinski definition) is 1. The number of amides is 1. The van der Waals surface area contributed by atoms with E-state index >= 15 is 0 Å². The minimum Gasteiger partial charge on any atom is -0.495 e. The Balaban J connectivity index is 1.78. The van der Waals surface area contributed by atoms with Gasteiger partial charge in [-0.15, -0.1) is 0 Å². The number of carbonyl (C=O) groups excluding carboxylic acids is 1. The molecule has 38 heavy (non-hydrogen) atoms. The van der Waals surface area contributed by atoms with Gasteiger partial charge in [-0.25, -0.2) is 13.4 Å². The third-order valence-corrected chi connectivity index (χ3v) is 8.65. The van der Waals surface area contributed by atoms with Gasteiger partial charge in [0, 0.05) is 25.6 Å². The predicted molar refractivity (Wildman–Crippen MR) is 142 cm³/mol. The van der Waals surface area contributed by atoms with Crippen molar-refractivity contribution in [3.8, 4) is 17.1 Å². The van der Waals surface area contributed by atoms with Gasteiger partial charge in [-0.3, -0.25) is 18.9 Å². The Morgan fingerprint density at radius 1 is 1.16 bits per heavy atom. The van der Waals surface area contributed by atoms with Gasteiger partial charge in [0.25, 0.3) is 5.91 Å². The van der Waals surface area contributed by atoms with E-state index in [-0.39, 0.29) is 22.6 Å². The molecule has 0 saturated heterocycles. The maximum absolute atomic E-state index is 13.3. The zero-order chi connectivity index (χ0) is 27.7. The zero-order valence-electron chi connectivity index (χ0n) is 22.3. The first-order valence-electron chi connectivity index (χ1n) is 12.1. The summed E-state index contributed by atoms with van der Waals surface area (Å²) in [6.45, 7) is 7.44. The number of imidazole rings is 1. The van der Waals surface area contributed by atoms with Crippen LogP contribution in [0.3, 0.4) is 0 Å². The fraction of sp³-hybridized carbons (Fsp3) is 0.385. The lowest BCUT2D eigenvalue weighted by Gasteiger charge is -2.21. The highest BCUT2D eigenvalue weighted by molar-refractivity contribution is 7.92. The van der Waals surface area contributed by atoms with Crippen molar-refractivity contribution in [2.75, 3.05) is 20.8 Å². The number of nitrogens with zero attached hydrogens (tertiary/aromatic N) is 5. The molecule has 0 radical (unpaired) electrons. The van der Waals surface area contributed by atoms with Crippen LogP contribution < -0.4 is 10.1 Å². The lowest BCUT2D eigenvalue weighted by molar-refractivity contribution is 0.0924. The summed E-state index contributed by atoms with van der Waals surface area (Å²) in [6.07, 6.45) is 4.75. The molecule has 1 atom stereocenters. The summed E-state index contributed by atoms with van der Waals surface area (Å²) in [5, 5.41) is 7.61.